The van der Waals surface area contributed by atoms with Crippen molar-refractivity contribution < 1.29 is 0 Å². The number of aromatic nitrogens is 1. The highest BCUT2D eigenvalue weighted by Gasteiger charge is 2.15. The van der Waals surface area contributed by atoms with Gasteiger partial charge in [0.2, 0.25) is 0 Å². The number of hydrogen-bond donors (Lipinski definition) is 2. The molecule has 2 nitrogen and oxygen atoms in total. The molecule has 0 saturated carbocycles. The number of H-pyrrole nitrogens is 1. The Labute approximate surface area is 96.1 Å². The average Bonchev–Trinajstić information content (AvgIpc) is 2.69. The van der Waals surface area contributed by atoms with E-state index in [9.17, 15) is 0 Å². The van der Waals surface area contributed by atoms with Gasteiger partial charge in [-0.05, 0) is 67.9 Å². The Hall–Kier alpha value is -1.28. The molecule has 0 amide bonds. The highest BCUT2D eigenvalue weighted by molar-refractivity contribution is 5.81. The van der Waals surface area contributed by atoms with Crippen LogP contribution in [0.15, 0.2) is 24.3 Å². The first-order valence-electron chi connectivity index (χ1n) is 6.13. The third-order valence-corrected chi connectivity index (χ3v) is 3.59. The van der Waals surface area contributed by atoms with Gasteiger partial charge in [-0.2, -0.15) is 0 Å². The zero-order chi connectivity index (χ0) is 11.0. The average molecular weight is 214 g/mol. The Balaban J connectivity index is 1.97. The smallest absolute Gasteiger partial charge is 0.0456 e. The Morgan fingerprint density at radius 2 is 1.94 bits per heavy atom. The molecule has 2 N–H and O–H groups in total. The van der Waals surface area contributed by atoms with Crippen LogP contribution in [-0.2, 0) is 0 Å². The maximum Gasteiger partial charge on any atom is 0.0456 e. The molecule has 0 atom stereocenters. The molecule has 2 heterocycles. The van der Waals surface area contributed by atoms with Crippen LogP contribution < -0.4 is 5.32 Å². The van der Waals surface area contributed by atoms with Crippen molar-refractivity contribution in [3.8, 4) is 0 Å². The molecular weight excluding hydrogens is 196 g/mol. The quantitative estimate of drug-likeness (QED) is 0.750. The van der Waals surface area contributed by atoms with Crippen molar-refractivity contribution in [2.75, 3.05) is 13.1 Å². The first-order chi connectivity index (χ1) is 7.83. The molecule has 3 rings (SSSR count). The van der Waals surface area contributed by atoms with Crippen LogP contribution in [-0.4, -0.2) is 18.1 Å². The van der Waals surface area contributed by atoms with Crippen molar-refractivity contribution >= 4 is 10.9 Å². The third-order valence-electron chi connectivity index (χ3n) is 3.59. The van der Waals surface area contributed by atoms with E-state index < -0.39 is 0 Å². The standard InChI is InChI=1S/C14H18N2/c1-10-8-13-9-12(2-3-14(13)16-10)11-4-6-15-7-5-11/h2-3,8-9,11,15-16H,4-7H2,1H3. The molecule has 2 aromatic rings. The Morgan fingerprint density at radius 3 is 2.75 bits per heavy atom. The molecule has 1 fully saturated rings. The largest absolute Gasteiger partial charge is 0.359 e. The van der Waals surface area contributed by atoms with Crippen LogP contribution in [0.2, 0.25) is 0 Å². The highest BCUT2D eigenvalue weighted by atomic mass is 14.9. The molecule has 84 valence electrons. The lowest BCUT2D eigenvalue weighted by molar-refractivity contribution is 0.460. The third kappa shape index (κ3) is 1.74. The topological polar surface area (TPSA) is 27.8 Å². The summed E-state index contributed by atoms with van der Waals surface area (Å²) >= 11 is 0. The summed E-state index contributed by atoms with van der Waals surface area (Å²) in [5.74, 6) is 0.751. The van der Waals surface area contributed by atoms with Crippen LogP contribution in [0, 0.1) is 6.92 Å². The minimum Gasteiger partial charge on any atom is -0.359 e. The molecule has 2 heteroatoms. The van der Waals surface area contributed by atoms with Crippen molar-refractivity contribution in [3.63, 3.8) is 0 Å². The van der Waals surface area contributed by atoms with E-state index in [2.05, 4.69) is 41.5 Å². The normalized spacial score (nSPS) is 18.1. The van der Waals surface area contributed by atoms with Crippen molar-refractivity contribution in [1.29, 1.82) is 0 Å². The molecule has 0 spiro atoms. The van der Waals surface area contributed by atoms with Crippen LogP contribution in [0.5, 0.6) is 0 Å². The second-order valence-corrected chi connectivity index (χ2v) is 4.82. The van der Waals surface area contributed by atoms with Crippen molar-refractivity contribution in [2.24, 2.45) is 0 Å². The summed E-state index contributed by atoms with van der Waals surface area (Å²) in [6.45, 7) is 4.44. The fourth-order valence-electron chi connectivity index (χ4n) is 2.71. The molecule has 0 aliphatic carbocycles. The number of benzene rings is 1. The van der Waals surface area contributed by atoms with Crippen LogP contribution >= 0.6 is 0 Å². The van der Waals surface area contributed by atoms with Gasteiger partial charge in [0.25, 0.3) is 0 Å². The molecule has 16 heavy (non-hydrogen) atoms. The molecule has 1 aromatic heterocycles. The van der Waals surface area contributed by atoms with Crippen LogP contribution in [0.25, 0.3) is 10.9 Å². The van der Waals surface area contributed by atoms with Crippen molar-refractivity contribution in [3.05, 3.63) is 35.5 Å². The van der Waals surface area contributed by atoms with Gasteiger partial charge in [0.1, 0.15) is 0 Å². The first-order valence-corrected chi connectivity index (χ1v) is 6.13. The predicted molar refractivity (Wildman–Crippen MR) is 67.9 cm³/mol. The van der Waals surface area contributed by atoms with E-state index in [1.165, 1.54) is 35.0 Å². The van der Waals surface area contributed by atoms with E-state index in [0.717, 1.165) is 19.0 Å². The molecule has 1 aromatic carbocycles. The number of rotatable bonds is 1. The van der Waals surface area contributed by atoms with Gasteiger partial charge in [-0.25, -0.2) is 0 Å². The summed E-state index contributed by atoms with van der Waals surface area (Å²) in [5, 5.41) is 4.77. The van der Waals surface area contributed by atoms with E-state index in [1.807, 2.05) is 0 Å². The molecular formula is C14H18N2. The Morgan fingerprint density at radius 1 is 1.12 bits per heavy atom. The van der Waals surface area contributed by atoms with E-state index in [0.29, 0.717) is 0 Å². The maximum atomic E-state index is 3.42. The monoisotopic (exact) mass is 214 g/mol. The molecule has 0 unspecified atom stereocenters. The zero-order valence-electron chi connectivity index (χ0n) is 9.72. The SMILES string of the molecule is Cc1cc2cc(C3CCNCC3)ccc2[nH]1. The van der Waals surface area contributed by atoms with Gasteiger partial charge < -0.3 is 10.3 Å². The second-order valence-electron chi connectivity index (χ2n) is 4.82. The van der Waals surface area contributed by atoms with Gasteiger partial charge in [0.05, 0.1) is 0 Å². The van der Waals surface area contributed by atoms with Gasteiger partial charge in [-0.3, -0.25) is 0 Å². The van der Waals surface area contributed by atoms with E-state index in [-0.39, 0.29) is 0 Å². The van der Waals surface area contributed by atoms with Crippen molar-refractivity contribution in [2.45, 2.75) is 25.7 Å². The van der Waals surface area contributed by atoms with E-state index >= 15 is 0 Å². The lowest BCUT2D eigenvalue weighted by Crippen LogP contribution is -2.26. The van der Waals surface area contributed by atoms with Gasteiger partial charge in [0, 0.05) is 11.2 Å². The number of nitrogens with one attached hydrogen (secondary N) is 2. The van der Waals surface area contributed by atoms with Gasteiger partial charge >= 0.3 is 0 Å². The lowest BCUT2D eigenvalue weighted by atomic mass is 9.90. The van der Waals surface area contributed by atoms with Crippen molar-refractivity contribution in [1.82, 2.24) is 10.3 Å². The Bertz CT molecular complexity index is 492. The van der Waals surface area contributed by atoms with Gasteiger partial charge in [-0.1, -0.05) is 6.07 Å². The molecule has 0 radical (unpaired) electrons. The second kappa shape index (κ2) is 3.95. The van der Waals surface area contributed by atoms with E-state index in [1.54, 1.807) is 0 Å². The Kier molecular flexibility index (Phi) is 2.44. The van der Waals surface area contributed by atoms with Crippen LogP contribution in [0.1, 0.15) is 30.0 Å². The zero-order valence-corrected chi connectivity index (χ0v) is 9.72. The fourth-order valence-corrected chi connectivity index (χ4v) is 2.71. The minimum absolute atomic E-state index is 0.751. The number of hydrogen-bond acceptors (Lipinski definition) is 1. The summed E-state index contributed by atoms with van der Waals surface area (Å²) in [5.41, 5.74) is 4.01. The van der Waals surface area contributed by atoms with Gasteiger partial charge in [-0.15, -0.1) is 0 Å². The van der Waals surface area contributed by atoms with Crippen LogP contribution in [0.4, 0.5) is 0 Å². The summed E-state index contributed by atoms with van der Waals surface area (Å²) in [6, 6.07) is 9.10. The number of aromatic amines is 1. The summed E-state index contributed by atoms with van der Waals surface area (Å²) in [6.07, 6.45) is 2.55. The summed E-state index contributed by atoms with van der Waals surface area (Å²) in [4.78, 5) is 3.38. The molecule has 1 aliphatic rings. The maximum absolute atomic E-state index is 3.42. The summed E-state index contributed by atoms with van der Waals surface area (Å²) in [7, 11) is 0. The number of aryl methyl sites for hydroxylation is 1. The number of piperidine rings is 1. The number of fused-ring (bicyclic) bond motifs is 1. The minimum atomic E-state index is 0.751. The molecule has 1 aliphatic heterocycles. The van der Waals surface area contributed by atoms with Gasteiger partial charge in [0.15, 0.2) is 0 Å². The fraction of sp³-hybridized carbons (Fsp3) is 0.429. The lowest BCUT2D eigenvalue weighted by Gasteiger charge is -2.22. The first kappa shape index (κ1) is 9.91. The summed E-state index contributed by atoms with van der Waals surface area (Å²) < 4.78 is 0. The predicted octanol–water partition coefficient (Wildman–Crippen LogP) is 2.94. The molecule has 0 bridgehead atoms. The highest BCUT2D eigenvalue weighted by Crippen LogP contribution is 2.28. The molecule has 1 saturated heterocycles. The van der Waals surface area contributed by atoms with E-state index in [4.69, 9.17) is 0 Å². The van der Waals surface area contributed by atoms with Crippen LogP contribution in [0.3, 0.4) is 0 Å².